The lowest BCUT2D eigenvalue weighted by molar-refractivity contribution is 0.0649. The van der Waals surface area contributed by atoms with Gasteiger partial charge >= 0.3 is 11.9 Å². The molecule has 5 nitrogen and oxygen atoms in total. The van der Waals surface area contributed by atoms with Gasteiger partial charge < -0.3 is 9.52 Å². The first-order valence-corrected chi connectivity index (χ1v) is 3.84. The van der Waals surface area contributed by atoms with E-state index < -0.39 is 5.97 Å². The van der Waals surface area contributed by atoms with Gasteiger partial charge in [0, 0.05) is 5.92 Å². The molecule has 0 atom stereocenters. The van der Waals surface area contributed by atoms with Gasteiger partial charge in [0.15, 0.2) is 0 Å². The number of carboxylic acids is 1. The third kappa shape index (κ3) is 1.07. The standard InChI is InChI=1S/C7H8N2O3/c10-7(11)6-9-8-5(12-6)4-2-1-3-4/h4H,1-3H2,(H,10,11). The van der Waals surface area contributed by atoms with E-state index in [-0.39, 0.29) is 5.89 Å². The van der Waals surface area contributed by atoms with Crippen LogP contribution < -0.4 is 0 Å². The van der Waals surface area contributed by atoms with Crippen LogP contribution >= 0.6 is 0 Å². The zero-order chi connectivity index (χ0) is 8.55. The van der Waals surface area contributed by atoms with Crippen LogP contribution in [0.2, 0.25) is 0 Å². The topological polar surface area (TPSA) is 76.2 Å². The predicted octanol–water partition coefficient (Wildman–Crippen LogP) is 1.04. The molecular formula is C7H8N2O3. The van der Waals surface area contributed by atoms with Crippen molar-refractivity contribution in [3.8, 4) is 0 Å². The largest absolute Gasteiger partial charge is 0.474 e. The van der Waals surface area contributed by atoms with E-state index in [1.165, 1.54) is 0 Å². The molecule has 1 aliphatic rings. The molecule has 1 N–H and O–H groups in total. The molecule has 12 heavy (non-hydrogen) atoms. The molecule has 1 aromatic rings. The zero-order valence-corrected chi connectivity index (χ0v) is 6.36. The minimum atomic E-state index is -1.16. The van der Waals surface area contributed by atoms with Gasteiger partial charge in [-0.1, -0.05) is 6.42 Å². The molecule has 64 valence electrons. The van der Waals surface area contributed by atoms with Crippen molar-refractivity contribution in [1.29, 1.82) is 0 Å². The fourth-order valence-corrected chi connectivity index (χ4v) is 1.14. The van der Waals surface area contributed by atoms with E-state index in [2.05, 4.69) is 10.2 Å². The summed E-state index contributed by atoms with van der Waals surface area (Å²) in [4.78, 5) is 10.3. The number of hydrogen-bond donors (Lipinski definition) is 1. The molecule has 1 fully saturated rings. The van der Waals surface area contributed by atoms with Crippen molar-refractivity contribution in [2.45, 2.75) is 25.2 Å². The second kappa shape index (κ2) is 2.58. The van der Waals surface area contributed by atoms with E-state index in [1.54, 1.807) is 0 Å². The summed E-state index contributed by atoms with van der Waals surface area (Å²) in [5.74, 6) is -0.700. The lowest BCUT2D eigenvalue weighted by atomic mass is 9.85. The lowest BCUT2D eigenvalue weighted by Gasteiger charge is -2.20. The first kappa shape index (κ1) is 7.27. The van der Waals surface area contributed by atoms with Crippen molar-refractivity contribution < 1.29 is 14.3 Å². The summed E-state index contributed by atoms with van der Waals surface area (Å²) in [6.07, 6.45) is 3.22. The molecule has 5 heteroatoms. The van der Waals surface area contributed by atoms with Gasteiger partial charge in [0.05, 0.1) is 0 Å². The molecule has 1 saturated carbocycles. The Morgan fingerprint density at radius 1 is 1.50 bits per heavy atom. The Hall–Kier alpha value is -1.39. The summed E-state index contributed by atoms with van der Waals surface area (Å²) >= 11 is 0. The highest BCUT2D eigenvalue weighted by atomic mass is 16.4. The average Bonchev–Trinajstić information content (AvgIpc) is 2.32. The number of carboxylic acid groups (broad SMARTS) is 1. The van der Waals surface area contributed by atoms with Crippen LogP contribution in [0.3, 0.4) is 0 Å². The van der Waals surface area contributed by atoms with Crippen LogP contribution in [0.5, 0.6) is 0 Å². The van der Waals surface area contributed by atoms with E-state index in [0.717, 1.165) is 19.3 Å². The SMILES string of the molecule is O=C(O)c1nnc(C2CCC2)o1. The van der Waals surface area contributed by atoms with Crippen LogP contribution in [0.4, 0.5) is 0 Å². The van der Waals surface area contributed by atoms with Crippen LogP contribution in [0.25, 0.3) is 0 Å². The third-order valence-electron chi connectivity index (χ3n) is 2.08. The maximum Gasteiger partial charge on any atom is 0.393 e. The van der Waals surface area contributed by atoms with E-state index in [0.29, 0.717) is 11.8 Å². The smallest absolute Gasteiger partial charge is 0.393 e. The molecule has 0 unspecified atom stereocenters. The van der Waals surface area contributed by atoms with E-state index in [4.69, 9.17) is 9.52 Å². The maximum absolute atomic E-state index is 10.3. The summed E-state index contributed by atoms with van der Waals surface area (Å²) in [6, 6.07) is 0. The molecular weight excluding hydrogens is 160 g/mol. The predicted molar refractivity (Wildman–Crippen MR) is 37.8 cm³/mol. The summed E-state index contributed by atoms with van der Waals surface area (Å²) in [7, 11) is 0. The van der Waals surface area contributed by atoms with Crippen molar-refractivity contribution in [1.82, 2.24) is 10.2 Å². The second-order valence-electron chi connectivity index (χ2n) is 2.88. The van der Waals surface area contributed by atoms with Crippen LogP contribution in [0.1, 0.15) is 41.8 Å². The minimum absolute atomic E-state index is 0.297. The van der Waals surface area contributed by atoms with E-state index in [9.17, 15) is 4.79 Å². The highest BCUT2D eigenvalue weighted by molar-refractivity contribution is 5.81. The summed E-state index contributed by atoms with van der Waals surface area (Å²) in [5, 5.41) is 15.5. The average molecular weight is 168 g/mol. The van der Waals surface area contributed by atoms with Crippen LogP contribution in [0.15, 0.2) is 4.42 Å². The van der Waals surface area contributed by atoms with Gasteiger partial charge in [-0.15, -0.1) is 10.2 Å². The Bertz CT molecular complexity index is 303. The molecule has 0 amide bonds. The van der Waals surface area contributed by atoms with Crippen LogP contribution in [-0.4, -0.2) is 21.3 Å². The normalized spacial score (nSPS) is 17.3. The molecule has 0 aromatic carbocycles. The number of hydrogen-bond acceptors (Lipinski definition) is 4. The van der Waals surface area contributed by atoms with Gasteiger partial charge in [-0.05, 0) is 12.8 Å². The molecule has 0 aliphatic heterocycles. The summed E-state index contributed by atoms with van der Waals surface area (Å²) in [5.41, 5.74) is 0. The molecule has 0 spiro atoms. The number of nitrogens with zero attached hydrogens (tertiary/aromatic N) is 2. The number of aromatic carboxylic acids is 1. The van der Waals surface area contributed by atoms with Gasteiger partial charge in [-0.3, -0.25) is 0 Å². The molecule has 1 aromatic heterocycles. The maximum atomic E-state index is 10.3. The second-order valence-corrected chi connectivity index (χ2v) is 2.88. The van der Waals surface area contributed by atoms with Gasteiger partial charge in [0.1, 0.15) is 0 Å². The van der Waals surface area contributed by atoms with E-state index >= 15 is 0 Å². The molecule has 0 saturated heterocycles. The highest BCUT2D eigenvalue weighted by Crippen LogP contribution is 2.35. The Kier molecular flexibility index (Phi) is 1.56. The Labute approximate surface area is 68.4 Å². The molecule has 1 heterocycles. The monoisotopic (exact) mass is 168 g/mol. The molecule has 2 rings (SSSR count). The van der Waals surface area contributed by atoms with Crippen LogP contribution in [0, 0.1) is 0 Å². The molecule has 0 radical (unpaired) electrons. The quantitative estimate of drug-likeness (QED) is 0.713. The van der Waals surface area contributed by atoms with Crippen molar-refractivity contribution in [3.05, 3.63) is 11.8 Å². The Morgan fingerprint density at radius 3 is 2.67 bits per heavy atom. The minimum Gasteiger partial charge on any atom is -0.474 e. The molecule has 1 aliphatic carbocycles. The van der Waals surface area contributed by atoms with Crippen LogP contribution in [-0.2, 0) is 0 Å². The fraction of sp³-hybridized carbons (Fsp3) is 0.571. The number of rotatable bonds is 2. The Morgan fingerprint density at radius 2 is 2.25 bits per heavy atom. The zero-order valence-electron chi connectivity index (χ0n) is 6.36. The lowest BCUT2D eigenvalue weighted by Crippen LogP contribution is -2.08. The highest BCUT2D eigenvalue weighted by Gasteiger charge is 2.26. The van der Waals surface area contributed by atoms with Crippen molar-refractivity contribution in [2.24, 2.45) is 0 Å². The van der Waals surface area contributed by atoms with Gasteiger partial charge in [0.2, 0.25) is 5.89 Å². The van der Waals surface area contributed by atoms with Crippen molar-refractivity contribution >= 4 is 5.97 Å². The molecule has 0 bridgehead atoms. The first-order chi connectivity index (χ1) is 5.77. The van der Waals surface area contributed by atoms with Gasteiger partial charge in [-0.25, -0.2) is 4.79 Å². The van der Waals surface area contributed by atoms with Crippen molar-refractivity contribution in [3.63, 3.8) is 0 Å². The van der Waals surface area contributed by atoms with Gasteiger partial charge in [-0.2, -0.15) is 0 Å². The number of aromatic nitrogens is 2. The van der Waals surface area contributed by atoms with Gasteiger partial charge in [0.25, 0.3) is 0 Å². The third-order valence-corrected chi connectivity index (χ3v) is 2.08. The Balaban J connectivity index is 2.17. The summed E-state index contributed by atoms with van der Waals surface area (Å²) in [6.45, 7) is 0. The summed E-state index contributed by atoms with van der Waals surface area (Å²) < 4.78 is 4.93. The van der Waals surface area contributed by atoms with Crippen molar-refractivity contribution in [2.75, 3.05) is 0 Å². The fourth-order valence-electron chi connectivity index (χ4n) is 1.14. The first-order valence-electron chi connectivity index (χ1n) is 3.84. The van der Waals surface area contributed by atoms with E-state index in [1.807, 2.05) is 0 Å². The number of carbonyl (C=O) groups is 1.